The third kappa shape index (κ3) is 3.42. The van der Waals surface area contributed by atoms with Gasteiger partial charge in [0.05, 0.1) is 18.1 Å². The second kappa shape index (κ2) is 5.96. The molecule has 1 aromatic rings. The lowest BCUT2D eigenvalue weighted by Crippen LogP contribution is -2.10. The number of nitrogens with zero attached hydrogens (tertiary/aromatic N) is 1. The van der Waals surface area contributed by atoms with E-state index in [2.05, 4.69) is 4.74 Å². The summed E-state index contributed by atoms with van der Waals surface area (Å²) < 4.78 is 28.8. The Balaban J connectivity index is 3.32. The minimum atomic E-state index is -3.06. The van der Waals surface area contributed by atoms with Gasteiger partial charge in [-0.3, -0.25) is 4.79 Å². The van der Waals surface area contributed by atoms with Gasteiger partial charge in [0.1, 0.15) is 5.75 Å². The maximum Gasteiger partial charge on any atom is 0.387 e. The summed E-state index contributed by atoms with van der Waals surface area (Å²) >= 11 is 0. The second-order valence-electron chi connectivity index (χ2n) is 3.53. The van der Waals surface area contributed by atoms with E-state index in [0.717, 1.165) is 6.07 Å². The Labute approximate surface area is 102 Å². The molecule has 0 saturated heterocycles. The highest BCUT2D eigenvalue weighted by atomic mass is 19.3. The maximum atomic E-state index is 12.3. The van der Waals surface area contributed by atoms with Crippen LogP contribution in [0.1, 0.15) is 23.6 Å². The van der Waals surface area contributed by atoms with Crippen LogP contribution in [0.5, 0.6) is 5.75 Å². The van der Waals surface area contributed by atoms with Gasteiger partial charge in [0.15, 0.2) is 0 Å². The molecule has 0 aromatic heterocycles. The first-order valence-corrected chi connectivity index (χ1v) is 5.20. The predicted molar refractivity (Wildman–Crippen MR) is 58.5 cm³/mol. The molecule has 0 aliphatic rings. The number of carboxylic acids is 1. The molecule has 1 rings (SSSR count). The van der Waals surface area contributed by atoms with Crippen molar-refractivity contribution in [2.45, 2.75) is 26.4 Å². The zero-order valence-electron chi connectivity index (χ0n) is 9.61. The highest BCUT2D eigenvalue weighted by molar-refractivity contribution is 5.72. The normalized spacial score (nSPS) is 10.2. The first kappa shape index (κ1) is 13.9. The Morgan fingerprint density at radius 2 is 2.22 bits per heavy atom. The van der Waals surface area contributed by atoms with Crippen LogP contribution in [0, 0.1) is 11.3 Å². The summed E-state index contributed by atoms with van der Waals surface area (Å²) in [4.78, 5) is 10.7. The van der Waals surface area contributed by atoms with Crippen LogP contribution in [0.3, 0.4) is 0 Å². The topological polar surface area (TPSA) is 70.3 Å². The molecule has 0 heterocycles. The fraction of sp³-hybridized carbons (Fsp3) is 0.333. The number of rotatable bonds is 5. The SMILES string of the molecule is CCc1cc(C#N)cc(OC(F)F)c1CC(=O)O. The van der Waals surface area contributed by atoms with Crippen molar-refractivity contribution < 1.29 is 23.4 Å². The minimum Gasteiger partial charge on any atom is -0.481 e. The van der Waals surface area contributed by atoms with Gasteiger partial charge in [-0.05, 0) is 24.1 Å². The average molecular weight is 255 g/mol. The molecule has 0 aliphatic carbocycles. The molecule has 0 amide bonds. The van der Waals surface area contributed by atoms with E-state index in [1.807, 2.05) is 6.07 Å². The average Bonchev–Trinajstić information content (AvgIpc) is 2.29. The Kier molecular flexibility index (Phi) is 4.60. The Bertz CT molecular complexity index is 495. The van der Waals surface area contributed by atoms with Crippen LogP contribution < -0.4 is 4.74 Å². The summed E-state index contributed by atoms with van der Waals surface area (Å²) in [5.41, 5.74) is 0.869. The molecule has 6 heteroatoms. The third-order valence-corrected chi connectivity index (χ3v) is 2.36. The molecule has 0 radical (unpaired) electrons. The third-order valence-electron chi connectivity index (χ3n) is 2.36. The van der Waals surface area contributed by atoms with Crippen molar-refractivity contribution in [3.05, 3.63) is 28.8 Å². The Hall–Kier alpha value is -2.16. The summed E-state index contributed by atoms with van der Waals surface area (Å²) in [5.74, 6) is -1.39. The summed E-state index contributed by atoms with van der Waals surface area (Å²) in [6, 6.07) is 4.43. The van der Waals surface area contributed by atoms with Gasteiger partial charge in [-0.15, -0.1) is 0 Å². The number of hydrogen-bond donors (Lipinski definition) is 1. The first-order chi connectivity index (χ1) is 8.47. The molecule has 0 bridgehead atoms. The zero-order valence-corrected chi connectivity index (χ0v) is 9.61. The van der Waals surface area contributed by atoms with Crippen molar-refractivity contribution in [2.24, 2.45) is 0 Å². The van der Waals surface area contributed by atoms with Crippen molar-refractivity contribution in [3.8, 4) is 11.8 Å². The largest absolute Gasteiger partial charge is 0.481 e. The molecule has 0 aliphatic heterocycles. The number of benzene rings is 1. The lowest BCUT2D eigenvalue weighted by Gasteiger charge is -2.13. The molecule has 18 heavy (non-hydrogen) atoms. The van der Waals surface area contributed by atoms with E-state index in [1.54, 1.807) is 6.92 Å². The number of ether oxygens (including phenoxy) is 1. The van der Waals surface area contributed by atoms with Gasteiger partial charge in [-0.2, -0.15) is 14.0 Å². The second-order valence-corrected chi connectivity index (χ2v) is 3.53. The van der Waals surface area contributed by atoms with Crippen molar-refractivity contribution in [3.63, 3.8) is 0 Å². The number of aryl methyl sites for hydroxylation is 1. The molecule has 1 N–H and O–H groups in total. The van der Waals surface area contributed by atoms with Crippen LogP contribution in [-0.2, 0) is 17.6 Å². The van der Waals surface area contributed by atoms with E-state index in [9.17, 15) is 13.6 Å². The number of aliphatic carboxylic acids is 1. The zero-order chi connectivity index (χ0) is 13.7. The molecular formula is C12H11F2NO3. The predicted octanol–water partition coefficient (Wildman–Crippen LogP) is 2.35. The van der Waals surface area contributed by atoms with Gasteiger partial charge in [0.25, 0.3) is 0 Å². The van der Waals surface area contributed by atoms with Crippen LogP contribution in [0.4, 0.5) is 8.78 Å². The molecule has 4 nitrogen and oxygen atoms in total. The van der Waals surface area contributed by atoms with E-state index in [-0.39, 0.29) is 16.9 Å². The monoisotopic (exact) mass is 255 g/mol. The van der Waals surface area contributed by atoms with E-state index in [4.69, 9.17) is 10.4 Å². The summed E-state index contributed by atoms with van der Waals surface area (Å²) in [7, 11) is 0. The summed E-state index contributed by atoms with van der Waals surface area (Å²) in [6.07, 6.45) is 0.00860. The molecule has 1 aromatic carbocycles. The maximum absolute atomic E-state index is 12.3. The van der Waals surface area contributed by atoms with Gasteiger partial charge >= 0.3 is 12.6 Å². The quantitative estimate of drug-likeness (QED) is 0.876. The van der Waals surface area contributed by atoms with Crippen LogP contribution in [-0.4, -0.2) is 17.7 Å². The van der Waals surface area contributed by atoms with Gasteiger partial charge in [0, 0.05) is 5.56 Å². The lowest BCUT2D eigenvalue weighted by atomic mass is 9.98. The number of carbonyl (C=O) groups is 1. The van der Waals surface area contributed by atoms with Crippen LogP contribution in [0.2, 0.25) is 0 Å². The van der Waals surface area contributed by atoms with Gasteiger partial charge in [-0.25, -0.2) is 0 Å². The van der Waals surface area contributed by atoms with Crippen molar-refractivity contribution in [1.82, 2.24) is 0 Å². The smallest absolute Gasteiger partial charge is 0.387 e. The fourth-order valence-corrected chi connectivity index (χ4v) is 1.64. The van der Waals surface area contributed by atoms with Crippen molar-refractivity contribution >= 4 is 5.97 Å². The summed E-state index contributed by atoms with van der Waals surface area (Å²) in [5, 5.41) is 17.5. The summed E-state index contributed by atoms with van der Waals surface area (Å²) in [6.45, 7) is -1.32. The molecule has 96 valence electrons. The van der Waals surface area contributed by atoms with Gasteiger partial charge in [0.2, 0.25) is 0 Å². The van der Waals surface area contributed by atoms with E-state index in [1.165, 1.54) is 6.07 Å². The number of carboxylic acid groups (broad SMARTS) is 1. The lowest BCUT2D eigenvalue weighted by molar-refractivity contribution is -0.136. The first-order valence-electron chi connectivity index (χ1n) is 5.20. The van der Waals surface area contributed by atoms with Crippen LogP contribution in [0.15, 0.2) is 12.1 Å². The number of nitriles is 1. The van der Waals surface area contributed by atoms with Gasteiger partial charge < -0.3 is 9.84 Å². The highest BCUT2D eigenvalue weighted by Crippen LogP contribution is 2.27. The van der Waals surface area contributed by atoms with E-state index in [0.29, 0.717) is 12.0 Å². The van der Waals surface area contributed by atoms with E-state index < -0.39 is 19.0 Å². The van der Waals surface area contributed by atoms with Gasteiger partial charge in [-0.1, -0.05) is 6.92 Å². The van der Waals surface area contributed by atoms with Crippen molar-refractivity contribution in [1.29, 1.82) is 5.26 Å². The molecule has 0 spiro atoms. The number of alkyl halides is 2. The molecule has 0 fully saturated rings. The Morgan fingerprint density at radius 3 is 2.67 bits per heavy atom. The van der Waals surface area contributed by atoms with E-state index >= 15 is 0 Å². The fourth-order valence-electron chi connectivity index (χ4n) is 1.64. The van der Waals surface area contributed by atoms with Crippen LogP contribution in [0.25, 0.3) is 0 Å². The molecule has 0 atom stereocenters. The van der Waals surface area contributed by atoms with Crippen molar-refractivity contribution in [2.75, 3.05) is 0 Å². The minimum absolute atomic E-state index is 0.164. The number of halogens is 2. The Morgan fingerprint density at radius 1 is 1.56 bits per heavy atom. The molecular weight excluding hydrogens is 244 g/mol. The standard InChI is InChI=1S/C12H11F2NO3/c1-2-8-3-7(6-15)4-10(18-12(13)14)9(8)5-11(16)17/h3-4,12H,2,5H2,1H3,(H,16,17). The highest BCUT2D eigenvalue weighted by Gasteiger charge is 2.17. The molecule has 0 unspecified atom stereocenters. The van der Waals surface area contributed by atoms with Crippen LogP contribution >= 0.6 is 0 Å². The molecule has 0 saturated carbocycles. The number of hydrogen-bond acceptors (Lipinski definition) is 3.